The van der Waals surface area contributed by atoms with Crippen LogP contribution < -0.4 is 0 Å². The van der Waals surface area contributed by atoms with Crippen molar-refractivity contribution < 1.29 is 21.6 Å². The molecule has 0 aromatic heterocycles. The van der Waals surface area contributed by atoms with Crippen molar-refractivity contribution in [2.75, 3.05) is 5.75 Å². The highest BCUT2D eigenvalue weighted by atomic mass is 32.2. The minimum absolute atomic E-state index is 0.118. The highest BCUT2D eigenvalue weighted by Crippen LogP contribution is 2.31. The maximum absolute atomic E-state index is 12.6. The number of unbranched alkanes of at least 4 members (excludes halogenated alkanes) is 3. The van der Waals surface area contributed by atoms with Crippen molar-refractivity contribution in [3.05, 3.63) is 54.1 Å². The van der Waals surface area contributed by atoms with E-state index >= 15 is 0 Å². The molecule has 0 N–H and O–H groups in total. The minimum atomic E-state index is -4.37. The van der Waals surface area contributed by atoms with Crippen molar-refractivity contribution >= 4 is 9.84 Å². The van der Waals surface area contributed by atoms with Crippen LogP contribution in [0.5, 0.6) is 0 Å². The van der Waals surface area contributed by atoms with Gasteiger partial charge in [0.15, 0.2) is 9.84 Å². The van der Waals surface area contributed by atoms with Gasteiger partial charge in [-0.25, -0.2) is 8.42 Å². The lowest BCUT2D eigenvalue weighted by Crippen LogP contribution is -2.06. The molecule has 0 saturated heterocycles. The molecule has 0 saturated carbocycles. The zero-order valence-electron chi connectivity index (χ0n) is 14.0. The third-order valence-corrected chi connectivity index (χ3v) is 5.84. The quantitative estimate of drug-likeness (QED) is 0.584. The van der Waals surface area contributed by atoms with E-state index in [-0.39, 0.29) is 10.6 Å². The van der Waals surface area contributed by atoms with Crippen molar-refractivity contribution in [3.63, 3.8) is 0 Å². The molecule has 2 rings (SSSR count). The summed E-state index contributed by atoms with van der Waals surface area (Å²) >= 11 is 0. The molecule has 136 valence electrons. The lowest BCUT2D eigenvalue weighted by atomic mass is 10.0. The molecule has 0 atom stereocenters. The molecule has 2 aromatic rings. The zero-order valence-corrected chi connectivity index (χ0v) is 14.8. The minimum Gasteiger partial charge on any atom is -0.224 e. The number of benzene rings is 2. The van der Waals surface area contributed by atoms with Crippen LogP contribution in [-0.4, -0.2) is 14.2 Å². The second kappa shape index (κ2) is 8.04. The Morgan fingerprint density at radius 2 is 1.32 bits per heavy atom. The topological polar surface area (TPSA) is 34.1 Å². The van der Waals surface area contributed by atoms with Crippen LogP contribution in [0.3, 0.4) is 0 Å². The van der Waals surface area contributed by atoms with Gasteiger partial charge in [0.2, 0.25) is 0 Å². The fourth-order valence-corrected chi connectivity index (χ4v) is 3.91. The first-order valence-electron chi connectivity index (χ1n) is 8.24. The van der Waals surface area contributed by atoms with Crippen LogP contribution in [0.15, 0.2) is 53.4 Å². The first-order valence-corrected chi connectivity index (χ1v) is 9.90. The van der Waals surface area contributed by atoms with Gasteiger partial charge in [0.1, 0.15) is 0 Å². The van der Waals surface area contributed by atoms with Gasteiger partial charge in [-0.1, -0.05) is 50.5 Å². The van der Waals surface area contributed by atoms with Gasteiger partial charge < -0.3 is 0 Å². The maximum Gasteiger partial charge on any atom is 0.416 e. The molecule has 0 fully saturated rings. The molecule has 25 heavy (non-hydrogen) atoms. The summed E-state index contributed by atoms with van der Waals surface area (Å²) in [7, 11) is -3.31. The Morgan fingerprint density at radius 3 is 1.80 bits per heavy atom. The average Bonchev–Trinajstić information content (AvgIpc) is 2.58. The number of hydrogen-bond acceptors (Lipinski definition) is 2. The van der Waals surface area contributed by atoms with Gasteiger partial charge in [0.05, 0.1) is 16.2 Å². The molecule has 0 aliphatic heterocycles. The Balaban J connectivity index is 2.11. The van der Waals surface area contributed by atoms with Gasteiger partial charge in [-0.2, -0.15) is 13.2 Å². The first kappa shape index (κ1) is 19.5. The van der Waals surface area contributed by atoms with Crippen molar-refractivity contribution in [2.45, 2.75) is 43.7 Å². The van der Waals surface area contributed by atoms with Crippen molar-refractivity contribution in [2.24, 2.45) is 0 Å². The van der Waals surface area contributed by atoms with Gasteiger partial charge >= 0.3 is 6.18 Å². The number of halogens is 3. The van der Waals surface area contributed by atoms with Crippen LogP contribution >= 0.6 is 0 Å². The van der Waals surface area contributed by atoms with Crippen LogP contribution in [0, 0.1) is 0 Å². The van der Waals surface area contributed by atoms with E-state index < -0.39 is 21.6 Å². The monoisotopic (exact) mass is 370 g/mol. The molecule has 0 aliphatic carbocycles. The summed E-state index contributed by atoms with van der Waals surface area (Å²) in [6.07, 6.45) is -0.783. The summed E-state index contributed by atoms with van der Waals surface area (Å²) in [4.78, 5) is 0.250. The molecular weight excluding hydrogens is 349 g/mol. The zero-order chi connectivity index (χ0) is 18.5. The molecule has 0 heterocycles. The largest absolute Gasteiger partial charge is 0.416 e. The fourth-order valence-electron chi connectivity index (χ4n) is 2.54. The average molecular weight is 370 g/mol. The summed E-state index contributed by atoms with van der Waals surface area (Å²) in [5.41, 5.74) is 0.584. The standard InChI is InChI=1S/C19H21F3O2S/c1-2-3-4-5-14-25(23,24)18-12-8-16(9-13-18)15-6-10-17(11-7-15)19(20,21)22/h6-13H,2-5,14H2,1H3. The van der Waals surface area contributed by atoms with Gasteiger partial charge in [0, 0.05) is 0 Å². The van der Waals surface area contributed by atoms with E-state index in [0.29, 0.717) is 17.5 Å². The van der Waals surface area contributed by atoms with E-state index in [4.69, 9.17) is 0 Å². The van der Waals surface area contributed by atoms with Crippen LogP contribution in [0.25, 0.3) is 11.1 Å². The van der Waals surface area contributed by atoms with E-state index in [0.717, 1.165) is 31.4 Å². The molecule has 2 aromatic carbocycles. The summed E-state index contributed by atoms with van der Waals surface area (Å²) in [5.74, 6) is 0.118. The van der Waals surface area contributed by atoms with Gasteiger partial charge in [-0.15, -0.1) is 0 Å². The smallest absolute Gasteiger partial charge is 0.224 e. The summed E-state index contributed by atoms with van der Waals surface area (Å²) < 4.78 is 62.3. The summed E-state index contributed by atoms with van der Waals surface area (Å²) in [5, 5.41) is 0. The molecule has 6 heteroatoms. The fraction of sp³-hybridized carbons (Fsp3) is 0.368. The number of hydrogen-bond donors (Lipinski definition) is 0. The predicted molar refractivity (Wildman–Crippen MR) is 93.1 cm³/mol. The third kappa shape index (κ3) is 5.33. The normalized spacial score (nSPS) is 12.3. The van der Waals surface area contributed by atoms with Gasteiger partial charge in [0.25, 0.3) is 0 Å². The summed E-state index contributed by atoms with van der Waals surface area (Å²) in [6.45, 7) is 2.06. The van der Waals surface area contributed by atoms with E-state index in [1.54, 1.807) is 12.1 Å². The van der Waals surface area contributed by atoms with Crippen LogP contribution in [-0.2, 0) is 16.0 Å². The van der Waals surface area contributed by atoms with E-state index in [9.17, 15) is 21.6 Å². The Bertz CT molecular complexity index is 777. The highest BCUT2D eigenvalue weighted by molar-refractivity contribution is 7.91. The molecule has 0 spiro atoms. The van der Waals surface area contributed by atoms with Crippen molar-refractivity contribution in [3.8, 4) is 11.1 Å². The molecule has 0 aliphatic rings. The molecular formula is C19H21F3O2S. The predicted octanol–water partition coefficient (Wildman–Crippen LogP) is 5.73. The van der Waals surface area contributed by atoms with Crippen LogP contribution in [0.2, 0.25) is 0 Å². The van der Waals surface area contributed by atoms with Gasteiger partial charge in [-0.05, 0) is 41.8 Å². The Kier molecular flexibility index (Phi) is 6.27. The molecule has 0 amide bonds. The summed E-state index contributed by atoms with van der Waals surface area (Å²) in [6, 6.07) is 11.1. The van der Waals surface area contributed by atoms with Crippen molar-refractivity contribution in [1.82, 2.24) is 0 Å². The van der Waals surface area contributed by atoms with Gasteiger partial charge in [-0.3, -0.25) is 0 Å². The molecule has 0 bridgehead atoms. The van der Waals surface area contributed by atoms with Crippen LogP contribution in [0.4, 0.5) is 13.2 Å². The van der Waals surface area contributed by atoms with Crippen molar-refractivity contribution in [1.29, 1.82) is 0 Å². The first-order chi connectivity index (χ1) is 11.7. The molecule has 0 unspecified atom stereocenters. The number of sulfone groups is 1. The third-order valence-electron chi connectivity index (χ3n) is 4.03. The SMILES string of the molecule is CCCCCCS(=O)(=O)c1ccc(-c2ccc(C(F)(F)F)cc2)cc1. The second-order valence-electron chi connectivity index (χ2n) is 5.98. The lowest BCUT2D eigenvalue weighted by molar-refractivity contribution is -0.137. The number of rotatable bonds is 7. The number of alkyl halides is 3. The van der Waals surface area contributed by atoms with E-state index in [2.05, 4.69) is 6.92 Å². The second-order valence-corrected chi connectivity index (χ2v) is 8.09. The van der Waals surface area contributed by atoms with E-state index in [1.165, 1.54) is 24.3 Å². The highest BCUT2D eigenvalue weighted by Gasteiger charge is 2.29. The maximum atomic E-state index is 12.6. The molecule has 2 nitrogen and oxygen atoms in total. The van der Waals surface area contributed by atoms with E-state index in [1.807, 2.05) is 0 Å². The lowest BCUT2D eigenvalue weighted by Gasteiger charge is -2.09. The Labute approximate surface area is 146 Å². The Morgan fingerprint density at radius 1 is 0.800 bits per heavy atom. The molecule has 0 radical (unpaired) electrons. The Hall–Kier alpha value is -1.82. The van der Waals surface area contributed by atoms with Crippen LogP contribution in [0.1, 0.15) is 38.2 Å².